The van der Waals surface area contributed by atoms with Gasteiger partial charge in [0.25, 0.3) is 0 Å². The van der Waals surface area contributed by atoms with Crippen LogP contribution in [0.25, 0.3) is 21.9 Å². The van der Waals surface area contributed by atoms with Crippen LogP contribution in [0.1, 0.15) is 5.56 Å². The normalized spacial score (nSPS) is 11.0. The maximum Gasteiger partial charge on any atom is 0.160 e. The first kappa shape index (κ1) is 17.9. The summed E-state index contributed by atoms with van der Waals surface area (Å²) in [5.41, 5.74) is 3.83. The van der Waals surface area contributed by atoms with E-state index in [2.05, 4.69) is 20.3 Å². The third-order valence-corrected chi connectivity index (χ3v) is 4.74. The molecule has 28 heavy (non-hydrogen) atoms. The van der Waals surface area contributed by atoms with E-state index in [9.17, 15) is 0 Å². The molecule has 0 radical (unpaired) electrons. The van der Waals surface area contributed by atoms with Gasteiger partial charge in [0.15, 0.2) is 17.3 Å². The first-order chi connectivity index (χ1) is 13.7. The average Bonchev–Trinajstić information content (AvgIpc) is 3.13. The molecule has 0 bridgehead atoms. The summed E-state index contributed by atoms with van der Waals surface area (Å²) >= 11 is 0. The lowest BCUT2D eigenvalue weighted by atomic mass is 10.1. The van der Waals surface area contributed by atoms with Gasteiger partial charge in [-0.15, -0.1) is 0 Å². The molecule has 0 unspecified atom stereocenters. The smallest absolute Gasteiger partial charge is 0.160 e. The number of nitrogens with one attached hydrogen (secondary N) is 2. The Morgan fingerprint density at radius 3 is 2.54 bits per heavy atom. The van der Waals surface area contributed by atoms with Gasteiger partial charge in [0.2, 0.25) is 0 Å². The van der Waals surface area contributed by atoms with Crippen molar-refractivity contribution >= 4 is 27.8 Å². The molecule has 4 rings (SSSR count). The number of H-pyrrole nitrogens is 1. The summed E-state index contributed by atoms with van der Waals surface area (Å²) in [6.45, 7) is 0.716. The zero-order chi connectivity index (χ0) is 19.5. The number of benzene rings is 2. The number of hydrogen-bond donors (Lipinski definition) is 2. The van der Waals surface area contributed by atoms with Crippen molar-refractivity contribution in [2.45, 2.75) is 6.42 Å². The second kappa shape index (κ2) is 7.64. The number of anilines is 1. The van der Waals surface area contributed by atoms with Gasteiger partial charge in [0, 0.05) is 6.54 Å². The van der Waals surface area contributed by atoms with E-state index >= 15 is 0 Å². The molecular formula is C21H22N4O3. The van der Waals surface area contributed by atoms with Gasteiger partial charge in [0.05, 0.1) is 32.2 Å². The summed E-state index contributed by atoms with van der Waals surface area (Å²) in [7, 11) is 4.94. The third-order valence-electron chi connectivity index (χ3n) is 4.74. The first-order valence-corrected chi connectivity index (χ1v) is 8.99. The molecular weight excluding hydrogens is 356 g/mol. The number of hydrogen-bond acceptors (Lipinski definition) is 6. The molecule has 2 N–H and O–H groups in total. The van der Waals surface area contributed by atoms with E-state index < -0.39 is 0 Å². The molecule has 7 nitrogen and oxygen atoms in total. The summed E-state index contributed by atoms with van der Waals surface area (Å²) in [4.78, 5) is 12.3. The number of aromatic nitrogens is 3. The van der Waals surface area contributed by atoms with Crippen molar-refractivity contribution in [1.82, 2.24) is 15.0 Å². The number of ether oxygens (including phenoxy) is 3. The Balaban J connectivity index is 1.57. The number of aromatic amines is 1. The third kappa shape index (κ3) is 3.15. The number of rotatable bonds is 7. The molecule has 4 aromatic rings. The highest BCUT2D eigenvalue weighted by Gasteiger charge is 2.14. The highest BCUT2D eigenvalue weighted by atomic mass is 16.5. The van der Waals surface area contributed by atoms with Crippen LogP contribution < -0.4 is 19.5 Å². The molecule has 2 aromatic carbocycles. The zero-order valence-corrected chi connectivity index (χ0v) is 16.1. The molecule has 144 valence electrons. The second-order valence-electron chi connectivity index (χ2n) is 6.32. The molecule has 0 spiro atoms. The van der Waals surface area contributed by atoms with Crippen LogP contribution in [0.5, 0.6) is 17.2 Å². The summed E-state index contributed by atoms with van der Waals surface area (Å²) < 4.78 is 16.2. The highest BCUT2D eigenvalue weighted by molar-refractivity contribution is 6.10. The largest absolute Gasteiger partial charge is 0.496 e. The predicted molar refractivity (Wildman–Crippen MR) is 110 cm³/mol. The summed E-state index contributed by atoms with van der Waals surface area (Å²) in [6.07, 6.45) is 2.39. The average molecular weight is 378 g/mol. The van der Waals surface area contributed by atoms with Gasteiger partial charge in [-0.2, -0.15) is 0 Å². The monoisotopic (exact) mass is 378 g/mol. The van der Waals surface area contributed by atoms with Gasteiger partial charge in [-0.05, 0) is 36.2 Å². The molecule has 0 aliphatic rings. The quantitative estimate of drug-likeness (QED) is 0.509. The molecule has 0 amide bonds. The predicted octanol–water partition coefficient (Wildman–Crippen LogP) is 3.79. The van der Waals surface area contributed by atoms with Crippen LogP contribution in [0.15, 0.2) is 42.7 Å². The van der Waals surface area contributed by atoms with Crippen molar-refractivity contribution in [3.63, 3.8) is 0 Å². The topological polar surface area (TPSA) is 81.3 Å². The summed E-state index contributed by atoms with van der Waals surface area (Å²) in [6, 6.07) is 11.8. The molecule has 0 saturated heterocycles. The van der Waals surface area contributed by atoms with Gasteiger partial charge in [-0.3, -0.25) is 0 Å². The van der Waals surface area contributed by atoms with Crippen molar-refractivity contribution in [2.24, 2.45) is 0 Å². The van der Waals surface area contributed by atoms with Crippen LogP contribution >= 0.6 is 0 Å². The Labute approximate surface area is 162 Å². The fourth-order valence-electron chi connectivity index (χ4n) is 3.37. The van der Waals surface area contributed by atoms with Crippen LogP contribution in [0, 0.1) is 0 Å². The lowest BCUT2D eigenvalue weighted by Gasteiger charge is -2.10. The number of methoxy groups -OCH3 is 3. The Hall–Kier alpha value is -3.48. The van der Waals surface area contributed by atoms with Crippen LogP contribution in [-0.2, 0) is 6.42 Å². The Kier molecular flexibility index (Phi) is 4.89. The molecule has 0 aliphatic carbocycles. The van der Waals surface area contributed by atoms with Crippen molar-refractivity contribution in [3.8, 4) is 17.2 Å². The van der Waals surface area contributed by atoms with Gasteiger partial charge in [-0.1, -0.05) is 12.1 Å². The van der Waals surface area contributed by atoms with Crippen molar-refractivity contribution in [1.29, 1.82) is 0 Å². The molecule has 2 heterocycles. The SMILES string of the molecule is COc1ccc(CCNc2ncnc3c2[nH]c2cccc(OC)c23)cc1OC. The molecule has 0 aliphatic heterocycles. The number of fused-ring (bicyclic) bond motifs is 3. The van der Waals surface area contributed by atoms with Crippen molar-refractivity contribution in [2.75, 3.05) is 33.2 Å². The maximum absolute atomic E-state index is 5.49. The fraction of sp³-hybridized carbons (Fsp3) is 0.238. The van der Waals surface area contributed by atoms with Crippen LogP contribution in [0.3, 0.4) is 0 Å². The second-order valence-corrected chi connectivity index (χ2v) is 6.32. The van der Waals surface area contributed by atoms with Gasteiger partial charge >= 0.3 is 0 Å². The lowest BCUT2D eigenvalue weighted by molar-refractivity contribution is 0.354. The summed E-state index contributed by atoms with van der Waals surface area (Å²) in [5, 5.41) is 4.37. The lowest BCUT2D eigenvalue weighted by Crippen LogP contribution is -2.07. The minimum absolute atomic E-state index is 0.716. The Morgan fingerprint density at radius 1 is 0.929 bits per heavy atom. The van der Waals surface area contributed by atoms with Gasteiger partial charge in [0.1, 0.15) is 23.1 Å². The van der Waals surface area contributed by atoms with Crippen molar-refractivity contribution < 1.29 is 14.2 Å². The van der Waals surface area contributed by atoms with E-state index in [1.807, 2.05) is 36.4 Å². The van der Waals surface area contributed by atoms with E-state index in [0.717, 1.165) is 57.0 Å². The van der Waals surface area contributed by atoms with Crippen LogP contribution in [0.4, 0.5) is 5.82 Å². The van der Waals surface area contributed by atoms with E-state index in [1.54, 1.807) is 27.7 Å². The minimum Gasteiger partial charge on any atom is -0.496 e. The Morgan fingerprint density at radius 2 is 1.75 bits per heavy atom. The maximum atomic E-state index is 5.49. The molecule has 7 heteroatoms. The van der Waals surface area contributed by atoms with Crippen LogP contribution in [-0.4, -0.2) is 42.8 Å². The van der Waals surface area contributed by atoms with E-state index in [0.29, 0.717) is 6.54 Å². The van der Waals surface area contributed by atoms with Gasteiger partial charge in [-0.25, -0.2) is 9.97 Å². The summed E-state index contributed by atoms with van der Waals surface area (Å²) in [5.74, 6) is 3.01. The molecule has 2 aromatic heterocycles. The van der Waals surface area contributed by atoms with Crippen molar-refractivity contribution in [3.05, 3.63) is 48.3 Å². The van der Waals surface area contributed by atoms with Crippen LogP contribution in [0.2, 0.25) is 0 Å². The first-order valence-electron chi connectivity index (χ1n) is 8.99. The van der Waals surface area contributed by atoms with E-state index in [4.69, 9.17) is 14.2 Å². The molecule has 0 saturated carbocycles. The Bertz CT molecular complexity index is 1120. The van der Waals surface area contributed by atoms with E-state index in [-0.39, 0.29) is 0 Å². The highest BCUT2D eigenvalue weighted by Crippen LogP contribution is 2.33. The zero-order valence-electron chi connectivity index (χ0n) is 16.1. The fourth-order valence-corrected chi connectivity index (χ4v) is 3.37. The standard InChI is InChI=1S/C21H22N4O3/c1-26-15-8-7-13(11-17(15)28-3)9-10-22-21-20-19(23-12-24-21)18-14(25-20)5-4-6-16(18)27-2/h4-8,11-12,25H,9-10H2,1-3H3,(H,22,23,24). The van der Waals surface area contributed by atoms with Gasteiger partial charge < -0.3 is 24.5 Å². The molecule has 0 atom stereocenters. The number of nitrogens with zero attached hydrogens (tertiary/aromatic N) is 2. The van der Waals surface area contributed by atoms with E-state index in [1.165, 1.54) is 0 Å². The molecule has 0 fully saturated rings. The minimum atomic E-state index is 0.716.